The number of nitrogens with one attached hydrogen (secondary N) is 2. The first kappa shape index (κ1) is 32.1. The lowest BCUT2D eigenvalue weighted by atomic mass is 9.87. The van der Waals surface area contributed by atoms with E-state index in [0.717, 1.165) is 38.1 Å². The minimum absolute atomic E-state index is 0.277. The SMILES string of the molecule is CC(C)(O)C(=O)NNC(=O)CC1CCc2cc(C(O)(C(F)(F)F)C(F)(F)F)ccc2N1S(=O)(=O)c1ccc(F)cc1. The third kappa shape index (κ3) is 6.25. The Hall–Kier alpha value is -3.44. The molecule has 2 amide bonds. The number of carbonyl (C=O) groups is 2. The maximum atomic E-state index is 13.6. The van der Waals surface area contributed by atoms with Gasteiger partial charge in [0.1, 0.15) is 11.4 Å². The zero-order valence-electron chi connectivity index (χ0n) is 21.3. The number of aryl methyl sites for hydroxylation is 1. The Morgan fingerprint density at radius 1 is 0.951 bits per heavy atom. The highest BCUT2D eigenvalue weighted by molar-refractivity contribution is 7.92. The number of alkyl halides is 6. The Morgan fingerprint density at radius 3 is 2.02 bits per heavy atom. The number of sulfonamides is 1. The van der Waals surface area contributed by atoms with Gasteiger partial charge in [-0.25, -0.2) is 12.8 Å². The van der Waals surface area contributed by atoms with Crippen LogP contribution >= 0.6 is 0 Å². The highest BCUT2D eigenvalue weighted by atomic mass is 32.2. The average Bonchev–Trinajstić information content (AvgIpc) is 2.84. The quantitative estimate of drug-likeness (QED) is 0.292. The first-order valence-corrected chi connectivity index (χ1v) is 13.2. The number of rotatable bonds is 6. The molecule has 0 radical (unpaired) electrons. The number of carbonyl (C=O) groups excluding carboxylic acids is 2. The van der Waals surface area contributed by atoms with Crippen LogP contribution in [0.3, 0.4) is 0 Å². The van der Waals surface area contributed by atoms with E-state index in [4.69, 9.17) is 0 Å². The summed E-state index contributed by atoms with van der Waals surface area (Å²) in [6.07, 6.45) is -13.6. The van der Waals surface area contributed by atoms with Crippen LogP contribution in [0.4, 0.5) is 36.4 Å². The van der Waals surface area contributed by atoms with Gasteiger partial charge >= 0.3 is 12.4 Å². The van der Waals surface area contributed by atoms with Gasteiger partial charge in [0.25, 0.3) is 21.5 Å². The molecule has 0 aliphatic carbocycles. The number of halogens is 7. The molecule has 0 spiro atoms. The lowest BCUT2D eigenvalue weighted by molar-refractivity contribution is -0.376. The van der Waals surface area contributed by atoms with Gasteiger partial charge in [-0.05, 0) is 62.6 Å². The smallest absolute Gasteiger partial charge is 0.381 e. The van der Waals surface area contributed by atoms with Crippen molar-refractivity contribution in [1.29, 1.82) is 0 Å². The molecule has 1 atom stereocenters. The van der Waals surface area contributed by atoms with Gasteiger partial charge in [0, 0.05) is 12.0 Å². The molecule has 0 saturated heterocycles. The molecular formula is C24H24F7N3O6S. The van der Waals surface area contributed by atoms with Gasteiger partial charge in [0.15, 0.2) is 0 Å². The lowest BCUT2D eigenvalue weighted by Crippen LogP contribution is -2.54. The van der Waals surface area contributed by atoms with Gasteiger partial charge < -0.3 is 10.2 Å². The van der Waals surface area contributed by atoms with Crippen LogP contribution in [0.2, 0.25) is 0 Å². The Bertz CT molecular complexity index is 1410. The normalized spacial score (nSPS) is 16.7. The number of hydrazine groups is 1. The van der Waals surface area contributed by atoms with Crippen LogP contribution in [-0.4, -0.2) is 54.4 Å². The first-order valence-electron chi connectivity index (χ1n) is 11.7. The molecule has 1 aliphatic rings. The summed E-state index contributed by atoms with van der Waals surface area (Å²) >= 11 is 0. The van der Waals surface area contributed by atoms with E-state index < -0.39 is 74.1 Å². The largest absolute Gasteiger partial charge is 0.430 e. The molecule has 2 aromatic carbocycles. The topological polar surface area (TPSA) is 136 Å². The number of amides is 2. The molecule has 1 unspecified atom stereocenters. The highest BCUT2D eigenvalue weighted by Crippen LogP contribution is 2.51. The van der Waals surface area contributed by atoms with Crippen molar-refractivity contribution in [2.45, 2.75) is 67.6 Å². The van der Waals surface area contributed by atoms with Crippen LogP contribution in [-0.2, 0) is 31.6 Å². The fourth-order valence-corrected chi connectivity index (χ4v) is 5.84. The monoisotopic (exact) mass is 615 g/mol. The van der Waals surface area contributed by atoms with Crippen molar-refractivity contribution in [3.05, 3.63) is 59.4 Å². The highest BCUT2D eigenvalue weighted by Gasteiger charge is 2.71. The minimum Gasteiger partial charge on any atom is -0.381 e. The molecule has 0 aromatic heterocycles. The molecule has 3 rings (SSSR count). The van der Waals surface area contributed by atoms with Gasteiger partial charge in [-0.3, -0.25) is 24.7 Å². The van der Waals surface area contributed by atoms with E-state index in [9.17, 15) is 59.0 Å². The van der Waals surface area contributed by atoms with E-state index in [1.54, 1.807) is 0 Å². The van der Waals surface area contributed by atoms with Crippen LogP contribution in [0.15, 0.2) is 47.4 Å². The molecule has 9 nitrogen and oxygen atoms in total. The van der Waals surface area contributed by atoms with Gasteiger partial charge in [-0.2, -0.15) is 26.3 Å². The summed E-state index contributed by atoms with van der Waals surface area (Å²) in [5.74, 6) is -2.76. The third-order valence-electron chi connectivity index (χ3n) is 6.30. The number of hydrogen-bond acceptors (Lipinski definition) is 6. The summed E-state index contributed by atoms with van der Waals surface area (Å²) in [6.45, 7) is 2.24. The van der Waals surface area contributed by atoms with Gasteiger partial charge in [-0.1, -0.05) is 12.1 Å². The van der Waals surface area contributed by atoms with Crippen molar-refractivity contribution >= 4 is 27.5 Å². The van der Waals surface area contributed by atoms with E-state index in [1.165, 1.54) is 0 Å². The number of fused-ring (bicyclic) bond motifs is 1. The summed E-state index contributed by atoms with van der Waals surface area (Å²) in [5, 5.41) is 19.5. The summed E-state index contributed by atoms with van der Waals surface area (Å²) < 4.78 is 122. The lowest BCUT2D eigenvalue weighted by Gasteiger charge is -2.39. The fraction of sp³-hybridized carbons (Fsp3) is 0.417. The second-order valence-corrected chi connectivity index (χ2v) is 11.6. The van der Waals surface area contributed by atoms with Gasteiger partial charge in [-0.15, -0.1) is 0 Å². The molecule has 1 heterocycles. The van der Waals surface area contributed by atoms with Crippen molar-refractivity contribution in [3.8, 4) is 0 Å². The Morgan fingerprint density at radius 2 is 1.51 bits per heavy atom. The fourth-order valence-electron chi connectivity index (χ4n) is 4.13. The van der Waals surface area contributed by atoms with Crippen LogP contribution in [0.25, 0.3) is 0 Å². The zero-order valence-corrected chi connectivity index (χ0v) is 22.1. The van der Waals surface area contributed by atoms with Crippen molar-refractivity contribution in [2.75, 3.05) is 4.31 Å². The number of benzene rings is 2. The average molecular weight is 616 g/mol. The molecule has 4 N–H and O–H groups in total. The summed E-state index contributed by atoms with van der Waals surface area (Å²) in [7, 11) is -4.69. The van der Waals surface area contributed by atoms with Crippen molar-refractivity contribution in [1.82, 2.24) is 10.9 Å². The minimum atomic E-state index is -6.18. The summed E-state index contributed by atoms with van der Waals surface area (Å²) in [4.78, 5) is 23.9. The van der Waals surface area contributed by atoms with E-state index >= 15 is 0 Å². The molecule has 0 saturated carbocycles. The molecule has 41 heavy (non-hydrogen) atoms. The maximum absolute atomic E-state index is 13.6. The number of nitrogens with zero attached hydrogens (tertiary/aromatic N) is 1. The molecule has 1 aliphatic heterocycles. The van der Waals surface area contributed by atoms with E-state index in [0.29, 0.717) is 16.4 Å². The van der Waals surface area contributed by atoms with E-state index in [1.807, 2.05) is 10.9 Å². The molecule has 226 valence electrons. The molecule has 0 bridgehead atoms. The van der Waals surface area contributed by atoms with E-state index in [2.05, 4.69) is 0 Å². The Kier molecular flexibility index (Phi) is 8.42. The Labute approximate surface area is 229 Å². The molecule has 0 fully saturated rings. The predicted molar refractivity (Wildman–Crippen MR) is 128 cm³/mol. The van der Waals surface area contributed by atoms with Crippen LogP contribution in [0.5, 0.6) is 0 Å². The number of anilines is 1. The number of aliphatic hydroxyl groups is 2. The summed E-state index contributed by atoms with van der Waals surface area (Å²) in [5.41, 5.74) is -5.51. The van der Waals surface area contributed by atoms with Crippen LogP contribution < -0.4 is 15.2 Å². The molecular weight excluding hydrogens is 591 g/mol. The van der Waals surface area contributed by atoms with Gasteiger partial charge in [0.05, 0.1) is 16.6 Å². The van der Waals surface area contributed by atoms with Crippen molar-refractivity contribution in [2.24, 2.45) is 0 Å². The third-order valence-corrected chi connectivity index (χ3v) is 8.18. The Balaban J connectivity index is 2.08. The molecule has 17 heteroatoms. The number of hydrogen-bond donors (Lipinski definition) is 4. The zero-order chi connectivity index (χ0) is 31.2. The molecule has 2 aromatic rings. The predicted octanol–water partition coefficient (Wildman–Crippen LogP) is 2.96. The van der Waals surface area contributed by atoms with Gasteiger partial charge in [0.2, 0.25) is 5.91 Å². The van der Waals surface area contributed by atoms with Crippen LogP contribution in [0.1, 0.15) is 37.8 Å². The van der Waals surface area contributed by atoms with Crippen molar-refractivity contribution < 1.29 is 59.0 Å². The first-order chi connectivity index (χ1) is 18.6. The summed E-state index contributed by atoms with van der Waals surface area (Å²) in [6, 6.07) is 3.41. The standard InChI is InChI=1S/C24H24F7N3O6S/c1-21(2,37)20(36)33-32-19(35)12-16-7-3-13-11-14(22(38,23(26,27)28)24(29,30)31)4-10-18(13)34(16)41(39,40)17-8-5-15(25)6-9-17/h4-6,8-11,16,37-38H,3,7,12H2,1-2H3,(H,32,35)(H,33,36). The van der Waals surface area contributed by atoms with E-state index in [-0.39, 0.29) is 30.2 Å². The maximum Gasteiger partial charge on any atom is 0.430 e. The van der Waals surface area contributed by atoms with Crippen LogP contribution in [0, 0.1) is 5.82 Å². The van der Waals surface area contributed by atoms with Crippen molar-refractivity contribution in [3.63, 3.8) is 0 Å². The second kappa shape index (κ2) is 10.8. The second-order valence-electron chi connectivity index (χ2n) is 9.76.